The van der Waals surface area contributed by atoms with Crippen LogP contribution in [-0.4, -0.2) is 24.0 Å². The number of hydrogen-bond donors (Lipinski definition) is 0. The molecule has 0 unspecified atom stereocenters. The van der Waals surface area contributed by atoms with Crippen LogP contribution in [0.25, 0.3) is 0 Å². The first kappa shape index (κ1) is 6.66. The van der Waals surface area contributed by atoms with E-state index in [1.54, 1.807) is 0 Å². The Hall–Kier alpha value is -0.0400. The SMILES string of the molecule is C[C@@H]1C2CCC(CC2)N1C. The van der Waals surface area contributed by atoms with Gasteiger partial charge in [-0.05, 0) is 45.6 Å². The van der Waals surface area contributed by atoms with E-state index in [0.717, 1.165) is 18.0 Å². The van der Waals surface area contributed by atoms with E-state index >= 15 is 0 Å². The molecule has 1 heteroatoms. The monoisotopic (exact) mass is 139 g/mol. The fourth-order valence-electron chi connectivity index (χ4n) is 2.66. The van der Waals surface area contributed by atoms with Crippen LogP contribution in [0.3, 0.4) is 0 Å². The Morgan fingerprint density at radius 1 is 1.10 bits per heavy atom. The fourth-order valence-corrected chi connectivity index (χ4v) is 2.66. The predicted octanol–water partition coefficient (Wildman–Crippen LogP) is 1.88. The molecule has 2 saturated heterocycles. The molecule has 0 aromatic rings. The lowest BCUT2D eigenvalue weighted by molar-refractivity contribution is 0.0184. The summed E-state index contributed by atoms with van der Waals surface area (Å²) >= 11 is 0. The summed E-state index contributed by atoms with van der Waals surface area (Å²) in [4.78, 5) is 2.58. The number of piperidine rings is 2. The van der Waals surface area contributed by atoms with Crippen molar-refractivity contribution in [3.05, 3.63) is 0 Å². The molecule has 3 aliphatic rings. The van der Waals surface area contributed by atoms with E-state index in [0.29, 0.717) is 0 Å². The van der Waals surface area contributed by atoms with Gasteiger partial charge in [0, 0.05) is 12.1 Å². The third-order valence-corrected chi connectivity index (χ3v) is 3.64. The average Bonchev–Trinajstić information content (AvgIpc) is 2.00. The van der Waals surface area contributed by atoms with Crippen LogP contribution in [0.2, 0.25) is 0 Å². The molecule has 1 aliphatic carbocycles. The summed E-state index contributed by atoms with van der Waals surface area (Å²) in [5.74, 6) is 1.02. The second-order valence-corrected chi connectivity index (χ2v) is 3.97. The number of nitrogens with zero attached hydrogens (tertiary/aromatic N) is 1. The molecule has 10 heavy (non-hydrogen) atoms. The number of hydrogen-bond acceptors (Lipinski definition) is 1. The van der Waals surface area contributed by atoms with Crippen LogP contribution in [0.4, 0.5) is 0 Å². The summed E-state index contributed by atoms with van der Waals surface area (Å²) in [7, 11) is 2.29. The van der Waals surface area contributed by atoms with Crippen LogP contribution in [0.5, 0.6) is 0 Å². The smallest absolute Gasteiger partial charge is 0.00953 e. The Balaban J connectivity index is 2.13. The van der Waals surface area contributed by atoms with Crippen molar-refractivity contribution in [1.29, 1.82) is 0 Å². The van der Waals surface area contributed by atoms with Crippen molar-refractivity contribution >= 4 is 0 Å². The van der Waals surface area contributed by atoms with Crippen molar-refractivity contribution in [2.75, 3.05) is 7.05 Å². The molecule has 58 valence electrons. The highest BCUT2D eigenvalue weighted by Crippen LogP contribution is 2.37. The van der Waals surface area contributed by atoms with Gasteiger partial charge in [0.1, 0.15) is 0 Å². The Morgan fingerprint density at radius 3 is 2.00 bits per heavy atom. The molecular weight excluding hydrogens is 122 g/mol. The van der Waals surface area contributed by atoms with E-state index in [-0.39, 0.29) is 0 Å². The van der Waals surface area contributed by atoms with Gasteiger partial charge >= 0.3 is 0 Å². The second kappa shape index (κ2) is 2.23. The molecule has 3 fully saturated rings. The van der Waals surface area contributed by atoms with Crippen LogP contribution in [0.1, 0.15) is 32.6 Å². The highest BCUT2D eigenvalue weighted by molar-refractivity contribution is 4.91. The van der Waals surface area contributed by atoms with E-state index in [4.69, 9.17) is 0 Å². The summed E-state index contributed by atoms with van der Waals surface area (Å²) in [6.45, 7) is 2.38. The second-order valence-electron chi connectivity index (χ2n) is 3.97. The third-order valence-electron chi connectivity index (χ3n) is 3.64. The van der Waals surface area contributed by atoms with E-state index in [1.807, 2.05) is 0 Å². The average molecular weight is 139 g/mol. The topological polar surface area (TPSA) is 3.24 Å². The zero-order valence-electron chi connectivity index (χ0n) is 7.01. The third kappa shape index (κ3) is 0.800. The molecular formula is C9H17N. The van der Waals surface area contributed by atoms with E-state index < -0.39 is 0 Å². The Morgan fingerprint density at radius 2 is 1.70 bits per heavy atom. The molecule has 2 bridgehead atoms. The normalized spacial score (nSPS) is 48.0. The summed E-state index contributed by atoms with van der Waals surface area (Å²) in [5, 5.41) is 0. The van der Waals surface area contributed by atoms with Crippen molar-refractivity contribution < 1.29 is 0 Å². The van der Waals surface area contributed by atoms with Crippen LogP contribution in [0.15, 0.2) is 0 Å². The first-order valence-corrected chi connectivity index (χ1v) is 4.51. The standard InChI is InChI=1S/C9H17N/c1-7-8-3-5-9(6-4-8)10(7)2/h7-9H,3-6H2,1-2H3/t7-,8?,9?/m1/s1. The van der Waals surface area contributed by atoms with E-state index in [9.17, 15) is 0 Å². The molecule has 1 atom stereocenters. The van der Waals surface area contributed by atoms with E-state index in [2.05, 4.69) is 18.9 Å². The van der Waals surface area contributed by atoms with Gasteiger partial charge in [-0.25, -0.2) is 0 Å². The van der Waals surface area contributed by atoms with Gasteiger partial charge in [-0.1, -0.05) is 0 Å². The van der Waals surface area contributed by atoms with Crippen LogP contribution >= 0.6 is 0 Å². The molecule has 1 saturated carbocycles. The minimum Gasteiger partial charge on any atom is -0.300 e. The lowest BCUT2D eigenvalue weighted by atomic mass is 9.76. The maximum atomic E-state index is 2.58. The highest BCUT2D eigenvalue weighted by atomic mass is 15.2. The highest BCUT2D eigenvalue weighted by Gasteiger charge is 2.36. The van der Waals surface area contributed by atoms with Gasteiger partial charge in [0.2, 0.25) is 0 Å². The lowest BCUT2D eigenvalue weighted by Crippen LogP contribution is -2.51. The van der Waals surface area contributed by atoms with Crippen molar-refractivity contribution in [1.82, 2.24) is 4.90 Å². The van der Waals surface area contributed by atoms with Crippen molar-refractivity contribution in [3.8, 4) is 0 Å². The molecule has 0 amide bonds. The summed E-state index contributed by atoms with van der Waals surface area (Å²) in [6.07, 6.45) is 5.92. The Labute approximate surface area is 63.4 Å². The molecule has 0 N–H and O–H groups in total. The maximum absolute atomic E-state index is 2.58. The van der Waals surface area contributed by atoms with Crippen molar-refractivity contribution in [2.45, 2.75) is 44.7 Å². The van der Waals surface area contributed by atoms with Gasteiger partial charge in [-0.3, -0.25) is 0 Å². The maximum Gasteiger partial charge on any atom is 0.00953 e. The molecule has 0 aromatic heterocycles. The summed E-state index contributed by atoms with van der Waals surface area (Å²) in [6, 6.07) is 1.80. The quantitative estimate of drug-likeness (QED) is 0.495. The zero-order valence-corrected chi connectivity index (χ0v) is 7.01. The first-order valence-electron chi connectivity index (χ1n) is 4.51. The van der Waals surface area contributed by atoms with Crippen LogP contribution in [-0.2, 0) is 0 Å². The van der Waals surface area contributed by atoms with Crippen LogP contribution in [0, 0.1) is 5.92 Å². The molecule has 2 heterocycles. The zero-order chi connectivity index (χ0) is 7.14. The van der Waals surface area contributed by atoms with Crippen molar-refractivity contribution in [2.24, 2.45) is 5.92 Å². The fraction of sp³-hybridized carbons (Fsp3) is 1.00. The minimum absolute atomic E-state index is 0.868. The number of rotatable bonds is 0. The van der Waals surface area contributed by atoms with Gasteiger partial charge in [-0.2, -0.15) is 0 Å². The first-order chi connectivity index (χ1) is 4.79. The van der Waals surface area contributed by atoms with Gasteiger partial charge < -0.3 is 4.90 Å². The molecule has 0 aromatic carbocycles. The molecule has 2 aliphatic heterocycles. The molecule has 1 nitrogen and oxygen atoms in total. The molecule has 0 spiro atoms. The summed E-state index contributed by atoms with van der Waals surface area (Å²) < 4.78 is 0. The van der Waals surface area contributed by atoms with Crippen LogP contribution < -0.4 is 0 Å². The predicted molar refractivity (Wildman–Crippen MR) is 43.0 cm³/mol. The minimum atomic E-state index is 0.868. The Kier molecular flexibility index (Phi) is 1.48. The molecule has 3 rings (SSSR count). The van der Waals surface area contributed by atoms with Gasteiger partial charge in [0.25, 0.3) is 0 Å². The van der Waals surface area contributed by atoms with Gasteiger partial charge in [-0.15, -0.1) is 0 Å². The largest absolute Gasteiger partial charge is 0.300 e. The van der Waals surface area contributed by atoms with Crippen molar-refractivity contribution in [3.63, 3.8) is 0 Å². The molecule has 0 radical (unpaired) electrons. The lowest BCUT2D eigenvalue weighted by Gasteiger charge is -2.48. The Bertz CT molecular complexity index is 105. The van der Waals surface area contributed by atoms with Gasteiger partial charge in [0.15, 0.2) is 0 Å². The van der Waals surface area contributed by atoms with Gasteiger partial charge in [0.05, 0.1) is 0 Å². The summed E-state index contributed by atoms with van der Waals surface area (Å²) in [5.41, 5.74) is 0. The van der Waals surface area contributed by atoms with E-state index in [1.165, 1.54) is 25.7 Å². The number of fused-ring (bicyclic) bond motifs is 3.